The Kier molecular flexibility index (Phi) is 4.96. The molecule has 1 N–H and O–H groups in total. The van der Waals surface area contributed by atoms with Crippen LogP contribution < -0.4 is 5.32 Å². The molecule has 1 heterocycles. The van der Waals surface area contributed by atoms with Crippen LogP contribution in [-0.4, -0.2) is 27.4 Å². The van der Waals surface area contributed by atoms with Crippen LogP contribution in [0.5, 0.6) is 0 Å². The highest BCUT2D eigenvalue weighted by molar-refractivity contribution is 5.59. The lowest BCUT2D eigenvalue weighted by molar-refractivity contribution is -0.384. The number of nitrogens with one attached hydrogen (secondary N) is 1. The minimum absolute atomic E-state index is 0.00178. The first-order valence-electron chi connectivity index (χ1n) is 6.17. The lowest BCUT2D eigenvalue weighted by Gasteiger charge is -2.12. The highest BCUT2D eigenvalue weighted by Crippen LogP contribution is 2.30. The van der Waals surface area contributed by atoms with Gasteiger partial charge in [0.1, 0.15) is 5.69 Å². The van der Waals surface area contributed by atoms with Gasteiger partial charge in [-0.05, 0) is 27.2 Å². The van der Waals surface area contributed by atoms with Crippen molar-refractivity contribution in [1.29, 1.82) is 0 Å². The predicted octanol–water partition coefficient (Wildman–Crippen LogP) is 3.44. The summed E-state index contributed by atoms with van der Waals surface area (Å²) in [6.07, 6.45) is -5.30. The Balaban J connectivity index is 2.84. The normalized spacial score (nSPS) is 11.9. The number of nitrogens with zero attached hydrogens (tertiary/aromatic N) is 3. The third-order valence-corrected chi connectivity index (χ3v) is 2.66. The molecule has 0 aromatic carbocycles. The molecule has 1 aromatic rings. The Morgan fingerprint density at radius 2 is 2.05 bits per heavy atom. The van der Waals surface area contributed by atoms with Gasteiger partial charge in [0.2, 0.25) is 5.82 Å². The van der Waals surface area contributed by atoms with Crippen molar-refractivity contribution in [1.82, 2.24) is 9.78 Å². The Labute approximate surface area is 114 Å². The number of aromatic nitrogens is 2. The van der Waals surface area contributed by atoms with Gasteiger partial charge in [-0.3, -0.25) is 10.1 Å². The van der Waals surface area contributed by atoms with Crippen molar-refractivity contribution in [2.24, 2.45) is 0 Å². The first-order chi connectivity index (χ1) is 9.13. The van der Waals surface area contributed by atoms with Crippen LogP contribution in [0.25, 0.3) is 0 Å². The molecule has 0 fully saturated rings. The molecule has 0 aliphatic carbocycles. The molecule has 0 radical (unpaired) electrons. The molecular weight excluding hydrogens is 277 g/mol. The number of hydrogen-bond donors (Lipinski definition) is 1. The molecule has 9 heteroatoms. The van der Waals surface area contributed by atoms with Gasteiger partial charge in [0.05, 0.1) is 4.92 Å². The van der Waals surface area contributed by atoms with Gasteiger partial charge in [-0.1, -0.05) is 0 Å². The Morgan fingerprint density at radius 1 is 1.45 bits per heavy atom. The number of aryl methyl sites for hydroxylation is 1. The molecule has 20 heavy (non-hydrogen) atoms. The molecule has 0 aliphatic rings. The maximum absolute atomic E-state index is 12.0. The largest absolute Gasteiger partial charge is 0.389 e. The Morgan fingerprint density at radius 3 is 2.50 bits per heavy atom. The number of nitro groups is 1. The summed E-state index contributed by atoms with van der Waals surface area (Å²) in [6, 6.07) is -0.132. The standard InChI is InChI=1S/C11H17F3N4O2/c1-7(2)17-10(9(18(19)20)8(3)16-17)15-6-4-5-11(12,13)14/h7,15H,4-6H2,1-3H3. The lowest BCUT2D eigenvalue weighted by Crippen LogP contribution is -2.14. The number of halogens is 3. The summed E-state index contributed by atoms with van der Waals surface area (Å²) in [5, 5.41) is 17.7. The molecule has 1 aromatic heterocycles. The summed E-state index contributed by atoms with van der Waals surface area (Å²) < 4.78 is 37.6. The summed E-state index contributed by atoms with van der Waals surface area (Å²) >= 11 is 0. The van der Waals surface area contributed by atoms with E-state index < -0.39 is 17.5 Å². The second-order valence-electron chi connectivity index (χ2n) is 4.72. The summed E-state index contributed by atoms with van der Waals surface area (Å²) in [5.74, 6) is 0.157. The molecule has 0 saturated heterocycles. The van der Waals surface area contributed by atoms with Crippen molar-refractivity contribution in [2.75, 3.05) is 11.9 Å². The second-order valence-corrected chi connectivity index (χ2v) is 4.72. The molecular formula is C11H17F3N4O2. The van der Waals surface area contributed by atoms with E-state index in [-0.39, 0.29) is 36.2 Å². The number of anilines is 1. The fourth-order valence-electron chi connectivity index (χ4n) is 1.79. The second kappa shape index (κ2) is 6.10. The van der Waals surface area contributed by atoms with E-state index in [0.29, 0.717) is 0 Å². The van der Waals surface area contributed by atoms with Gasteiger partial charge in [-0.25, -0.2) is 4.68 Å². The summed E-state index contributed by atoms with van der Waals surface area (Å²) in [4.78, 5) is 10.4. The van der Waals surface area contributed by atoms with Gasteiger partial charge >= 0.3 is 11.9 Å². The Hall–Kier alpha value is -1.80. The summed E-state index contributed by atoms with van der Waals surface area (Å²) in [6.45, 7) is 5.07. The van der Waals surface area contributed by atoms with Crippen LogP contribution in [0.2, 0.25) is 0 Å². The first kappa shape index (κ1) is 16.3. The van der Waals surface area contributed by atoms with Gasteiger partial charge in [0, 0.05) is 19.0 Å². The van der Waals surface area contributed by atoms with Crippen molar-refractivity contribution in [3.63, 3.8) is 0 Å². The first-order valence-corrected chi connectivity index (χ1v) is 6.17. The van der Waals surface area contributed by atoms with Crippen molar-refractivity contribution in [3.05, 3.63) is 15.8 Å². The third kappa shape index (κ3) is 4.10. The Bertz CT molecular complexity index is 483. The molecule has 0 saturated carbocycles. The van der Waals surface area contributed by atoms with Gasteiger partial charge in [-0.15, -0.1) is 0 Å². The number of hydrogen-bond acceptors (Lipinski definition) is 4. The zero-order chi connectivity index (χ0) is 15.5. The monoisotopic (exact) mass is 294 g/mol. The molecule has 1 rings (SSSR count). The average molecular weight is 294 g/mol. The van der Waals surface area contributed by atoms with Gasteiger partial charge in [0.25, 0.3) is 0 Å². The zero-order valence-corrected chi connectivity index (χ0v) is 11.5. The SMILES string of the molecule is Cc1nn(C(C)C)c(NCCCC(F)(F)F)c1[N+](=O)[O-]. The van der Waals surface area contributed by atoms with E-state index in [9.17, 15) is 23.3 Å². The lowest BCUT2D eigenvalue weighted by atomic mass is 10.3. The fourth-order valence-corrected chi connectivity index (χ4v) is 1.79. The smallest absolute Gasteiger partial charge is 0.365 e. The van der Waals surface area contributed by atoms with Gasteiger partial charge in [-0.2, -0.15) is 18.3 Å². The molecule has 0 aliphatic heterocycles. The summed E-state index contributed by atoms with van der Waals surface area (Å²) in [7, 11) is 0. The van der Waals surface area contributed by atoms with Crippen LogP contribution in [-0.2, 0) is 0 Å². The van der Waals surface area contributed by atoms with Gasteiger partial charge < -0.3 is 5.32 Å². The fraction of sp³-hybridized carbons (Fsp3) is 0.727. The van der Waals surface area contributed by atoms with E-state index in [1.807, 2.05) is 0 Å². The molecule has 114 valence electrons. The van der Waals surface area contributed by atoms with E-state index in [4.69, 9.17) is 0 Å². The maximum Gasteiger partial charge on any atom is 0.389 e. The van der Waals surface area contributed by atoms with Crippen LogP contribution in [0, 0.1) is 17.0 Å². The highest BCUT2D eigenvalue weighted by Gasteiger charge is 2.28. The van der Waals surface area contributed by atoms with Crippen molar-refractivity contribution in [2.45, 2.75) is 45.8 Å². The van der Waals surface area contributed by atoms with E-state index in [1.165, 1.54) is 11.6 Å². The van der Waals surface area contributed by atoms with E-state index >= 15 is 0 Å². The topological polar surface area (TPSA) is 73.0 Å². The van der Waals surface area contributed by atoms with Crippen LogP contribution in [0.4, 0.5) is 24.7 Å². The molecule has 0 bridgehead atoms. The minimum atomic E-state index is -4.22. The maximum atomic E-state index is 12.0. The van der Waals surface area contributed by atoms with Crippen molar-refractivity contribution >= 4 is 11.5 Å². The van der Waals surface area contributed by atoms with E-state index in [2.05, 4.69) is 10.4 Å². The molecule has 0 amide bonds. The van der Waals surface area contributed by atoms with Crippen molar-refractivity contribution < 1.29 is 18.1 Å². The van der Waals surface area contributed by atoms with E-state index in [1.54, 1.807) is 13.8 Å². The molecule has 0 spiro atoms. The number of alkyl halides is 3. The summed E-state index contributed by atoms with van der Waals surface area (Å²) in [5.41, 5.74) is 0.0488. The number of rotatable bonds is 6. The quantitative estimate of drug-likeness (QED) is 0.495. The van der Waals surface area contributed by atoms with Crippen molar-refractivity contribution in [3.8, 4) is 0 Å². The highest BCUT2D eigenvalue weighted by atomic mass is 19.4. The average Bonchev–Trinajstić information content (AvgIpc) is 2.60. The van der Waals surface area contributed by atoms with Crippen LogP contribution in [0.1, 0.15) is 38.4 Å². The zero-order valence-electron chi connectivity index (χ0n) is 11.5. The molecule has 0 atom stereocenters. The third-order valence-electron chi connectivity index (χ3n) is 2.66. The van der Waals surface area contributed by atoms with Crippen LogP contribution in [0.15, 0.2) is 0 Å². The molecule has 6 nitrogen and oxygen atoms in total. The predicted molar refractivity (Wildman–Crippen MR) is 67.8 cm³/mol. The van der Waals surface area contributed by atoms with Crippen LogP contribution >= 0.6 is 0 Å². The molecule has 0 unspecified atom stereocenters. The van der Waals surface area contributed by atoms with E-state index in [0.717, 1.165) is 0 Å². The van der Waals surface area contributed by atoms with Gasteiger partial charge in [0.15, 0.2) is 0 Å². The van der Waals surface area contributed by atoms with Crippen LogP contribution in [0.3, 0.4) is 0 Å². The minimum Gasteiger partial charge on any atom is -0.365 e.